The molecule has 0 aromatic heterocycles. The molecule has 0 spiro atoms. The van der Waals surface area contributed by atoms with Crippen LogP contribution in [0.15, 0.2) is 24.3 Å². The second-order valence-corrected chi connectivity index (χ2v) is 3.27. The number of carbonyl (C=O) groups is 2. The van der Waals surface area contributed by atoms with Crippen LogP contribution < -0.4 is 16.8 Å². The molecule has 86 valence electrons. The SMILES string of the molecule is NC(=O)CC(N)C(=O)Nc1ccc(F)cc1. The lowest BCUT2D eigenvalue weighted by Crippen LogP contribution is -2.38. The maximum absolute atomic E-state index is 12.6. The number of benzene rings is 1. The highest BCUT2D eigenvalue weighted by atomic mass is 19.1. The fraction of sp³-hybridized carbons (Fsp3) is 0.200. The maximum atomic E-state index is 12.6. The van der Waals surface area contributed by atoms with Gasteiger partial charge in [-0.25, -0.2) is 4.39 Å². The Morgan fingerprint density at radius 1 is 1.31 bits per heavy atom. The number of amides is 2. The lowest BCUT2D eigenvalue weighted by atomic mass is 10.2. The van der Waals surface area contributed by atoms with Crippen molar-refractivity contribution in [3.8, 4) is 0 Å². The standard InChI is InChI=1S/C10H12FN3O2/c11-6-1-3-7(4-2-6)14-10(16)8(12)5-9(13)15/h1-4,8H,5,12H2,(H2,13,15)(H,14,16). The summed E-state index contributed by atoms with van der Waals surface area (Å²) >= 11 is 0. The summed E-state index contributed by atoms with van der Waals surface area (Å²) in [6.07, 6.45) is -0.229. The first-order chi connectivity index (χ1) is 7.49. The summed E-state index contributed by atoms with van der Waals surface area (Å²) in [5.74, 6) is -1.59. The van der Waals surface area contributed by atoms with Crippen LogP contribution in [0.4, 0.5) is 10.1 Å². The fourth-order valence-corrected chi connectivity index (χ4v) is 1.08. The van der Waals surface area contributed by atoms with Crippen LogP contribution in [0.1, 0.15) is 6.42 Å². The number of anilines is 1. The highest BCUT2D eigenvalue weighted by Gasteiger charge is 2.15. The number of carbonyl (C=O) groups excluding carboxylic acids is 2. The summed E-state index contributed by atoms with van der Waals surface area (Å²) in [4.78, 5) is 21.9. The molecule has 0 heterocycles. The zero-order chi connectivity index (χ0) is 12.1. The first-order valence-electron chi connectivity index (χ1n) is 4.59. The lowest BCUT2D eigenvalue weighted by Gasteiger charge is -2.10. The number of nitrogens with two attached hydrogens (primary N) is 2. The van der Waals surface area contributed by atoms with Crippen LogP contribution in [-0.2, 0) is 9.59 Å². The van der Waals surface area contributed by atoms with Gasteiger partial charge < -0.3 is 16.8 Å². The molecule has 1 aromatic carbocycles. The number of hydrogen-bond donors (Lipinski definition) is 3. The van der Waals surface area contributed by atoms with Crippen molar-refractivity contribution in [1.29, 1.82) is 0 Å². The minimum atomic E-state index is -0.998. The Bertz CT molecular complexity index is 392. The number of hydrogen-bond acceptors (Lipinski definition) is 3. The Hall–Kier alpha value is -1.95. The summed E-state index contributed by atoms with van der Waals surface area (Å²) < 4.78 is 12.6. The minimum absolute atomic E-state index is 0.229. The third kappa shape index (κ3) is 3.66. The molecule has 5 N–H and O–H groups in total. The van der Waals surface area contributed by atoms with Crippen LogP contribution in [0.2, 0.25) is 0 Å². The number of primary amides is 1. The highest BCUT2D eigenvalue weighted by Crippen LogP contribution is 2.08. The third-order valence-corrected chi connectivity index (χ3v) is 1.87. The van der Waals surface area contributed by atoms with Crippen molar-refractivity contribution < 1.29 is 14.0 Å². The van der Waals surface area contributed by atoms with Crippen molar-refractivity contribution in [3.05, 3.63) is 30.1 Å². The summed E-state index contributed by atoms with van der Waals surface area (Å²) in [6.45, 7) is 0. The van der Waals surface area contributed by atoms with Gasteiger partial charge in [-0.2, -0.15) is 0 Å². The second-order valence-electron chi connectivity index (χ2n) is 3.27. The molecule has 0 aliphatic rings. The van der Waals surface area contributed by atoms with Crippen LogP contribution in [0.5, 0.6) is 0 Å². The van der Waals surface area contributed by atoms with E-state index in [9.17, 15) is 14.0 Å². The average molecular weight is 225 g/mol. The molecule has 0 saturated carbocycles. The van der Waals surface area contributed by atoms with Crippen LogP contribution in [0, 0.1) is 5.82 Å². The number of halogens is 1. The molecule has 0 saturated heterocycles. The first kappa shape index (κ1) is 12.1. The molecule has 1 unspecified atom stereocenters. The number of rotatable bonds is 4. The summed E-state index contributed by atoms with van der Waals surface area (Å²) in [5.41, 5.74) is 10.7. The van der Waals surface area contributed by atoms with Crippen molar-refractivity contribution in [2.75, 3.05) is 5.32 Å². The first-order valence-corrected chi connectivity index (χ1v) is 4.59. The van der Waals surface area contributed by atoms with Gasteiger partial charge in [-0.05, 0) is 24.3 Å². The van der Waals surface area contributed by atoms with Crippen LogP contribution in [0.3, 0.4) is 0 Å². The highest BCUT2D eigenvalue weighted by molar-refractivity contribution is 5.97. The van der Waals surface area contributed by atoms with Crippen molar-refractivity contribution >= 4 is 17.5 Å². The van der Waals surface area contributed by atoms with Crippen LogP contribution >= 0.6 is 0 Å². The maximum Gasteiger partial charge on any atom is 0.241 e. The van der Waals surface area contributed by atoms with Crippen molar-refractivity contribution in [2.24, 2.45) is 11.5 Å². The van der Waals surface area contributed by atoms with Crippen LogP contribution in [0.25, 0.3) is 0 Å². The lowest BCUT2D eigenvalue weighted by molar-refractivity contribution is -0.123. The molecule has 0 bridgehead atoms. The van der Waals surface area contributed by atoms with Gasteiger partial charge in [-0.3, -0.25) is 9.59 Å². The zero-order valence-corrected chi connectivity index (χ0v) is 8.44. The Labute approximate surface area is 91.6 Å². The molecule has 2 amide bonds. The zero-order valence-electron chi connectivity index (χ0n) is 8.44. The molecule has 0 radical (unpaired) electrons. The molecule has 0 aliphatic carbocycles. The van der Waals surface area contributed by atoms with E-state index in [2.05, 4.69) is 5.32 Å². The van der Waals surface area contributed by atoms with Crippen LogP contribution in [-0.4, -0.2) is 17.9 Å². The van der Waals surface area contributed by atoms with Crippen molar-refractivity contribution in [1.82, 2.24) is 0 Å². The summed E-state index contributed by atoms with van der Waals surface area (Å²) in [5, 5.41) is 2.44. The molecule has 0 aliphatic heterocycles. The van der Waals surface area contributed by atoms with Crippen molar-refractivity contribution in [3.63, 3.8) is 0 Å². The number of nitrogens with one attached hydrogen (secondary N) is 1. The monoisotopic (exact) mass is 225 g/mol. The molecular formula is C10H12FN3O2. The van der Waals surface area contributed by atoms with E-state index >= 15 is 0 Å². The molecular weight excluding hydrogens is 213 g/mol. The van der Waals surface area contributed by atoms with E-state index in [1.807, 2.05) is 0 Å². The van der Waals surface area contributed by atoms with E-state index in [-0.39, 0.29) is 6.42 Å². The normalized spacial score (nSPS) is 11.9. The average Bonchev–Trinajstić information content (AvgIpc) is 2.20. The van der Waals surface area contributed by atoms with Gasteiger partial charge >= 0.3 is 0 Å². The Morgan fingerprint density at radius 3 is 2.38 bits per heavy atom. The van der Waals surface area contributed by atoms with Gasteiger partial charge in [0.25, 0.3) is 0 Å². The second kappa shape index (κ2) is 5.22. The third-order valence-electron chi connectivity index (χ3n) is 1.87. The van der Waals surface area contributed by atoms with E-state index in [1.54, 1.807) is 0 Å². The predicted octanol–water partition coefficient (Wildman–Crippen LogP) is -0.0331. The van der Waals surface area contributed by atoms with E-state index in [4.69, 9.17) is 11.5 Å². The van der Waals surface area contributed by atoms with E-state index < -0.39 is 23.7 Å². The fourth-order valence-electron chi connectivity index (χ4n) is 1.08. The molecule has 16 heavy (non-hydrogen) atoms. The molecule has 5 nitrogen and oxygen atoms in total. The molecule has 0 fully saturated rings. The smallest absolute Gasteiger partial charge is 0.241 e. The molecule has 1 aromatic rings. The molecule has 1 atom stereocenters. The molecule has 1 rings (SSSR count). The topological polar surface area (TPSA) is 98.2 Å². The minimum Gasteiger partial charge on any atom is -0.370 e. The predicted molar refractivity (Wildman–Crippen MR) is 56.8 cm³/mol. The Morgan fingerprint density at radius 2 is 1.88 bits per heavy atom. The van der Waals surface area contributed by atoms with Gasteiger partial charge in [-0.1, -0.05) is 0 Å². The van der Waals surface area contributed by atoms with E-state index in [0.29, 0.717) is 5.69 Å². The van der Waals surface area contributed by atoms with Crippen molar-refractivity contribution in [2.45, 2.75) is 12.5 Å². The van der Waals surface area contributed by atoms with Gasteiger partial charge in [0.05, 0.1) is 12.5 Å². The Kier molecular flexibility index (Phi) is 3.96. The quantitative estimate of drug-likeness (QED) is 0.670. The van der Waals surface area contributed by atoms with Gasteiger partial charge in [0.15, 0.2) is 0 Å². The summed E-state index contributed by atoms with van der Waals surface area (Å²) in [6, 6.07) is 4.20. The van der Waals surface area contributed by atoms with Gasteiger partial charge in [0.1, 0.15) is 5.82 Å². The van der Waals surface area contributed by atoms with E-state index in [0.717, 1.165) is 0 Å². The van der Waals surface area contributed by atoms with E-state index in [1.165, 1.54) is 24.3 Å². The van der Waals surface area contributed by atoms with Gasteiger partial charge in [0.2, 0.25) is 11.8 Å². The molecule has 6 heteroatoms. The largest absolute Gasteiger partial charge is 0.370 e. The summed E-state index contributed by atoms with van der Waals surface area (Å²) in [7, 11) is 0. The van der Waals surface area contributed by atoms with Gasteiger partial charge in [0, 0.05) is 5.69 Å². The van der Waals surface area contributed by atoms with Gasteiger partial charge in [-0.15, -0.1) is 0 Å². The Balaban J connectivity index is 2.57.